The molecule has 0 bridgehead atoms. The van der Waals surface area contributed by atoms with Crippen LogP contribution in [0.1, 0.15) is 29.0 Å². The zero-order chi connectivity index (χ0) is 18.1. The molecule has 0 saturated heterocycles. The molecule has 6 heteroatoms. The van der Waals surface area contributed by atoms with Crippen molar-refractivity contribution in [3.05, 3.63) is 51.0 Å². The number of ether oxygens (including phenoxy) is 3. The van der Waals surface area contributed by atoms with Gasteiger partial charge in [0, 0.05) is 24.3 Å². The highest BCUT2D eigenvalue weighted by atomic mass is 35.5. The molecule has 1 aliphatic rings. The summed E-state index contributed by atoms with van der Waals surface area (Å²) in [5.74, 6) is 1.47. The van der Waals surface area contributed by atoms with E-state index in [1.807, 2.05) is 18.2 Å². The lowest BCUT2D eigenvalue weighted by atomic mass is 9.77. The first-order valence-electron chi connectivity index (χ1n) is 7.79. The first kappa shape index (κ1) is 17.9. The molecule has 1 unspecified atom stereocenters. The van der Waals surface area contributed by atoms with Crippen LogP contribution in [0.2, 0.25) is 10.0 Å². The third-order valence-corrected chi connectivity index (χ3v) is 5.31. The molecule has 2 aromatic carbocycles. The van der Waals surface area contributed by atoms with Crippen LogP contribution in [0.25, 0.3) is 0 Å². The molecule has 0 aromatic heterocycles. The zero-order valence-electron chi connectivity index (χ0n) is 14.2. The predicted molar refractivity (Wildman–Crippen MR) is 97.7 cm³/mol. The largest absolute Gasteiger partial charge is 0.493 e. The lowest BCUT2D eigenvalue weighted by Gasteiger charge is -2.29. The molecular weight excluding hydrogens is 363 g/mol. The van der Waals surface area contributed by atoms with E-state index in [4.69, 9.17) is 37.4 Å². The maximum atomic E-state index is 12.4. The molecule has 0 aliphatic heterocycles. The monoisotopic (exact) mass is 380 g/mol. The Kier molecular flexibility index (Phi) is 5.11. The Morgan fingerprint density at radius 1 is 1.04 bits per heavy atom. The van der Waals surface area contributed by atoms with Gasteiger partial charge in [-0.15, -0.1) is 0 Å². The van der Waals surface area contributed by atoms with Crippen molar-refractivity contribution < 1.29 is 19.0 Å². The third-order valence-electron chi connectivity index (χ3n) is 4.48. The number of halogens is 2. The Balaban J connectivity index is 2.29. The highest BCUT2D eigenvalue weighted by molar-refractivity contribution is 6.42. The minimum atomic E-state index is -0.253. The molecule has 0 saturated carbocycles. The van der Waals surface area contributed by atoms with Gasteiger partial charge in [0.2, 0.25) is 5.75 Å². The summed E-state index contributed by atoms with van der Waals surface area (Å²) < 4.78 is 16.5. The van der Waals surface area contributed by atoms with Crippen molar-refractivity contribution in [3.63, 3.8) is 0 Å². The van der Waals surface area contributed by atoms with Crippen molar-refractivity contribution in [2.75, 3.05) is 21.3 Å². The first-order valence-corrected chi connectivity index (χ1v) is 8.54. The molecule has 0 heterocycles. The van der Waals surface area contributed by atoms with Crippen LogP contribution in [0, 0.1) is 0 Å². The van der Waals surface area contributed by atoms with Gasteiger partial charge in [-0.3, -0.25) is 4.79 Å². The van der Waals surface area contributed by atoms with Gasteiger partial charge in [0.1, 0.15) is 5.78 Å². The van der Waals surface area contributed by atoms with Gasteiger partial charge in [0.15, 0.2) is 11.5 Å². The number of rotatable bonds is 4. The fraction of sp³-hybridized carbons (Fsp3) is 0.316. The maximum Gasteiger partial charge on any atom is 0.203 e. The number of carbonyl (C=O) groups is 1. The summed E-state index contributed by atoms with van der Waals surface area (Å²) in [6.07, 6.45) is 0.652. The lowest BCUT2D eigenvalue weighted by molar-refractivity contribution is -0.119. The molecule has 25 heavy (non-hydrogen) atoms. The van der Waals surface area contributed by atoms with Crippen LogP contribution in [0.4, 0.5) is 0 Å². The Bertz CT molecular complexity index is 833. The summed E-state index contributed by atoms with van der Waals surface area (Å²) in [4.78, 5) is 12.4. The number of ketones is 1. The van der Waals surface area contributed by atoms with Gasteiger partial charge < -0.3 is 14.2 Å². The van der Waals surface area contributed by atoms with Crippen molar-refractivity contribution in [1.82, 2.24) is 0 Å². The van der Waals surface area contributed by atoms with E-state index in [0.717, 1.165) is 16.7 Å². The van der Waals surface area contributed by atoms with Crippen molar-refractivity contribution in [2.45, 2.75) is 18.8 Å². The predicted octanol–water partition coefficient (Wildman–Crippen LogP) is 4.67. The van der Waals surface area contributed by atoms with Crippen molar-refractivity contribution >= 4 is 29.0 Å². The average molecular weight is 381 g/mol. The summed E-state index contributed by atoms with van der Waals surface area (Å²) in [7, 11) is 4.69. The minimum Gasteiger partial charge on any atom is -0.493 e. The Morgan fingerprint density at radius 3 is 2.40 bits per heavy atom. The topological polar surface area (TPSA) is 44.8 Å². The normalized spacial score (nSPS) is 16.4. The van der Waals surface area contributed by atoms with E-state index in [0.29, 0.717) is 40.1 Å². The molecule has 2 aromatic rings. The van der Waals surface area contributed by atoms with Crippen LogP contribution in [0.3, 0.4) is 0 Å². The molecule has 4 nitrogen and oxygen atoms in total. The maximum absolute atomic E-state index is 12.4. The fourth-order valence-electron chi connectivity index (χ4n) is 3.43. The fourth-order valence-corrected chi connectivity index (χ4v) is 3.87. The van der Waals surface area contributed by atoms with Crippen LogP contribution in [0.5, 0.6) is 17.2 Å². The van der Waals surface area contributed by atoms with Gasteiger partial charge >= 0.3 is 0 Å². The number of fused-ring (bicyclic) bond motifs is 1. The second-order valence-corrected chi connectivity index (χ2v) is 6.62. The smallest absolute Gasteiger partial charge is 0.203 e. The van der Waals surface area contributed by atoms with Crippen LogP contribution >= 0.6 is 23.2 Å². The van der Waals surface area contributed by atoms with Crippen LogP contribution < -0.4 is 14.2 Å². The summed E-state index contributed by atoms with van der Waals surface area (Å²) in [5.41, 5.74) is 2.55. The molecule has 0 fully saturated rings. The van der Waals surface area contributed by atoms with Crippen LogP contribution in [0.15, 0.2) is 24.3 Å². The van der Waals surface area contributed by atoms with Gasteiger partial charge in [-0.1, -0.05) is 35.3 Å². The summed E-state index contributed by atoms with van der Waals surface area (Å²) in [6.45, 7) is 0. The molecule has 132 valence electrons. The molecule has 0 spiro atoms. The quantitative estimate of drug-likeness (QED) is 0.773. The van der Waals surface area contributed by atoms with Gasteiger partial charge in [0.05, 0.1) is 31.4 Å². The molecule has 0 N–H and O–H groups in total. The lowest BCUT2D eigenvalue weighted by Crippen LogP contribution is -2.21. The van der Waals surface area contributed by atoms with Crippen molar-refractivity contribution in [2.24, 2.45) is 0 Å². The van der Waals surface area contributed by atoms with Gasteiger partial charge in [-0.25, -0.2) is 0 Å². The van der Waals surface area contributed by atoms with E-state index in [-0.39, 0.29) is 11.7 Å². The summed E-state index contributed by atoms with van der Waals surface area (Å²) >= 11 is 12.6. The molecule has 0 amide bonds. The zero-order valence-corrected chi connectivity index (χ0v) is 15.7. The Morgan fingerprint density at radius 2 is 1.76 bits per heavy atom. The molecule has 3 rings (SSSR count). The van der Waals surface area contributed by atoms with E-state index in [9.17, 15) is 4.79 Å². The second kappa shape index (κ2) is 7.14. The summed E-state index contributed by atoms with van der Waals surface area (Å²) in [6, 6.07) is 7.27. The number of methoxy groups -OCH3 is 3. The number of hydrogen-bond donors (Lipinski definition) is 0. The van der Waals surface area contributed by atoms with E-state index in [1.165, 1.54) is 0 Å². The minimum absolute atomic E-state index is 0.128. The molecule has 1 atom stereocenters. The molecule has 0 radical (unpaired) electrons. The number of carbonyl (C=O) groups excluding carboxylic acids is 1. The van der Waals surface area contributed by atoms with Crippen LogP contribution in [-0.2, 0) is 11.2 Å². The van der Waals surface area contributed by atoms with Gasteiger partial charge in [0.25, 0.3) is 0 Å². The Labute approximate surface area is 156 Å². The third kappa shape index (κ3) is 3.05. The SMILES string of the molecule is COc1cc2c(c(OC)c1OC)C(c1cccc(Cl)c1Cl)CC(=O)C2. The van der Waals surface area contributed by atoms with Crippen molar-refractivity contribution in [1.29, 1.82) is 0 Å². The second-order valence-electron chi connectivity index (χ2n) is 5.83. The summed E-state index contributed by atoms with van der Waals surface area (Å²) in [5, 5.41) is 0.907. The van der Waals surface area contributed by atoms with Gasteiger partial charge in [-0.05, 0) is 23.3 Å². The van der Waals surface area contributed by atoms with E-state index in [1.54, 1.807) is 27.4 Å². The average Bonchev–Trinajstić information content (AvgIpc) is 2.61. The number of benzene rings is 2. The molecule has 1 aliphatic carbocycles. The van der Waals surface area contributed by atoms with Gasteiger partial charge in [-0.2, -0.15) is 0 Å². The number of Topliss-reactive ketones (excluding diaryl/α,β-unsaturated/α-hetero) is 1. The Hall–Kier alpha value is -1.91. The van der Waals surface area contributed by atoms with E-state index in [2.05, 4.69) is 0 Å². The highest BCUT2D eigenvalue weighted by Crippen LogP contribution is 2.50. The highest BCUT2D eigenvalue weighted by Gasteiger charge is 2.34. The van der Waals surface area contributed by atoms with Crippen molar-refractivity contribution in [3.8, 4) is 17.2 Å². The first-order chi connectivity index (χ1) is 12.0. The molecular formula is C19H18Cl2O4. The number of hydrogen-bond acceptors (Lipinski definition) is 4. The standard InChI is InChI=1S/C19H18Cl2O4/c1-23-15-8-10-7-11(22)9-13(12-5-4-6-14(20)17(12)21)16(10)19(25-3)18(15)24-2/h4-6,8,13H,7,9H2,1-3H3. The van der Waals surface area contributed by atoms with Crippen LogP contribution in [-0.4, -0.2) is 27.1 Å². The van der Waals surface area contributed by atoms with E-state index < -0.39 is 0 Å². The van der Waals surface area contributed by atoms with E-state index >= 15 is 0 Å².